The predicted molar refractivity (Wildman–Crippen MR) is 116 cm³/mol. The largest absolute Gasteiger partial charge is 0.507 e. The first-order chi connectivity index (χ1) is 14.2. The molecule has 0 saturated carbocycles. The number of aromatic nitrogens is 3. The molecule has 0 radical (unpaired) electrons. The number of pyridine rings is 1. The van der Waals surface area contributed by atoms with Gasteiger partial charge >= 0.3 is 0 Å². The number of hydrogen-bond acceptors (Lipinski definition) is 3. The average molecular weight is 377 g/mol. The summed E-state index contributed by atoms with van der Waals surface area (Å²) >= 11 is 0. The highest BCUT2D eigenvalue weighted by Crippen LogP contribution is 2.32. The molecule has 0 atom stereocenters. The SMILES string of the molecule is Cn1cc(-c2cccc(-c3nccc4ccccc34)c2)nc1-c1ccccc1O. The number of para-hydroxylation sites is 1. The Hall–Kier alpha value is -3.92. The quantitative estimate of drug-likeness (QED) is 0.440. The summed E-state index contributed by atoms with van der Waals surface area (Å²) < 4.78 is 1.94. The Labute approximate surface area is 168 Å². The number of rotatable bonds is 3. The number of fused-ring (bicyclic) bond motifs is 1. The van der Waals surface area contributed by atoms with Gasteiger partial charge in [0.15, 0.2) is 0 Å². The van der Waals surface area contributed by atoms with E-state index < -0.39 is 0 Å². The molecule has 0 unspecified atom stereocenters. The molecule has 140 valence electrons. The average Bonchev–Trinajstić information content (AvgIpc) is 3.15. The maximum Gasteiger partial charge on any atom is 0.144 e. The number of nitrogens with zero attached hydrogens (tertiary/aromatic N) is 3. The highest BCUT2D eigenvalue weighted by atomic mass is 16.3. The summed E-state index contributed by atoms with van der Waals surface area (Å²) in [5, 5.41) is 12.5. The van der Waals surface area contributed by atoms with E-state index in [1.165, 1.54) is 5.39 Å². The number of phenols is 1. The molecule has 3 aromatic carbocycles. The first-order valence-corrected chi connectivity index (χ1v) is 9.47. The third-order valence-corrected chi connectivity index (χ3v) is 5.13. The molecule has 0 saturated heterocycles. The van der Waals surface area contributed by atoms with Gasteiger partial charge in [0.2, 0.25) is 0 Å². The van der Waals surface area contributed by atoms with Crippen LogP contribution in [0.2, 0.25) is 0 Å². The van der Waals surface area contributed by atoms with Crippen molar-refractivity contribution < 1.29 is 5.11 Å². The van der Waals surface area contributed by atoms with Crippen LogP contribution in [-0.4, -0.2) is 19.6 Å². The lowest BCUT2D eigenvalue weighted by molar-refractivity contribution is 0.476. The smallest absolute Gasteiger partial charge is 0.144 e. The molecule has 4 heteroatoms. The Morgan fingerprint density at radius 3 is 2.52 bits per heavy atom. The summed E-state index contributed by atoms with van der Waals surface area (Å²) in [5.74, 6) is 0.952. The van der Waals surface area contributed by atoms with Crippen molar-refractivity contribution in [1.82, 2.24) is 14.5 Å². The minimum absolute atomic E-state index is 0.224. The summed E-state index contributed by atoms with van der Waals surface area (Å²) in [6.07, 6.45) is 3.83. The minimum atomic E-state index is 0.224. The molecule has 29 heavy (non-hydrogen) atoms. The topological polar surface area (TPSA) is 50.9 Å². The van der Waals surface area contributed by atoms with Crippen molar-refractivity contribution in [2.45, 2.75) is 0 Å². The fourth-order valence-electron chi connectivity index (χ4n) is 3.69. The normalized spacial score (nSPS) is 11.1. The van der Waals surface area contributed by atoms with E-state index in [2.05, 4.69) is 29.2 Å². The number of benzene rings is 3. The molecule has 4 nitrogen and oxygen atoms in total. The van der Waals surface area contributed by atoms with Crippen molar-refractivity contribution in [3.63, 3.8) is 0 Å². The molecule has 2 heterocycles. The lowest BCUT2D eigenvalue weighted by Crippen LogP contribution is -1.90. The van der Waals surface area contributed by atoms with Crippen LogP contribution in [0.1, 0.15) is 0 Å². The second-order valence-corrected chi connectivity index (χ2v) is 7.04. The molecule has 0 aliphatic rings. The Kier molecular flexibility index (Phi) is 4.10. The van der Waals surface area contributed by atoms with Crippen LogP contribution in [0.25, 0.3) is 44.7 Å². The van der Waals surface area contributed by atoms with Crippen molar-refractivity contribution in [2.24, 2.45) is 7.05 Å². The monoisotopic (exact) mass is 377 g/mol. The van der Waals surface area contributed by atoms with Crippen LogP contribution in [-0.2, 0) is 7.05 Å². The van der Waals surface area contributed by atoms with E-state index in [4.69, 9.17) is 4.98 Å². The van der Waals surface area contributed by atoms with Gasteiger partial charge in [-0.25, -0.2) is 4.98 Å². The fourth-order valence-corrected chi connectivity index (χ4v) is 3.69. The zero-order valence-electron chi connectivity index (χ0n) is 15.9. The van der Waals surface area contributed by atoms with Gasteiger partial charge in [-0.2, -0.15) is 0 Å². The summed E-state index contributed by atoms with van der Waals surface area (Å²) in [7, 11) is 1.94. The summed E-state index contributed by atoms with van der Waals surface area (Å²) in [6.45, 7) is 0. The van der Waals surface area contributed by atoms with Gasteiger partial charge in [-0.15, -0.1) is 0 Å². The lowest BCUT2D eigenvalue weighted by Gasteiger charge is -2.07. The van der Waals surface area contributed by atoms with Crippen molar-refractivity contribution in [3.8, 4) is 39.7 Å². The number of phenolic OH excluding ortho intramolecular Hbond substituents is 1. The van der Waals surface area contributed by atoms with E-state index in [1.807, 2.05) is 72.5 Å². The molecule has 0 fully saturated rings. The Morgan fingerprint density at radius 1 is 0.828 bits per heavy atom. The van der Waals surface area contributed by atoms with Gasteiger partial charge in [-0.3, -0.25) is 4.98 Å². The first-order valence-electron chi connectivity index (χ1n) is 9.47. The van der Waals surface area contributed by atoms with E-state index in [-0.39, 0.29) is 5.75 Å². The van der Waals surface area contributed by atoms with Crippen molar-refractivity contribution >= 4 is 10.8 Å². The summed E-state index contributed by atoms with van der Waals surface area (Å²) in [5.41, 5.74) is 4.59. The molecule has 0 aliphatic carbocycles. The van der Waals surface area contributed by atoms with Crippen molar-refractivity contribution in [2.75, 3.05) is 0 Å². The van der Waals surface area contributed by atoms with Crippen LogP contribution in [0.5, 0.6) is 5.75 Å². The zero-order chi connectivity index (χ0) is 19.8. The second-order valence-electron chi connectivity index (χ2n) is 7.04. The van der Waals surface area contributed by atoms with Crippen LogP contribution < -0.4 is 0 Å². The molecule has 0 amide bonds. The van der Waals surface area contributed by atoms with E-state index >= 15 is 0 Å². The van der Waals surface area contributed by atoms with Crippen molar-refractivity contribution in [3.05, 3.63) is 91.3 Å². The van der Waals surface area contributed by atoms with Crippen molar-refractivity contribution in [1.29, 1.82) is 0 Å². The van der Waals surface area contributed by atoms with Gasteiger partial charge in [0.25, 0.3) is 0 Å². The maximum absolute atomic E-state index is 10.2. The van der Waals surface area contributed by atoms with Gasteiger partial charge in [0.05, 0.1) is 17.0 Å². The van der Waals surface area contributed by atoms with Gasteiger partial charge in [-0.1, -0.05) is 54.6 Å². The van der Waals surface area contributed by atoms with E-state index in [0.717, 1.165) is 33.7 Å². The highest BCUT2D eigenvalue weighted by molar-refractivity contribution is 5.95. The Bertz CT molecular complexity index is 1330. The first kappa shape index (κ1) is 17.2. The molecule has 5 rings (SSSR count). The molecule has 1 N–H and O–H groups in total. The molecular weight excluding hydrogens is 358 g/mol. The standard InChI is InChI=1S/C25H19N3O/c1-28-16-22(27-25(28)21-11-4-5-12-23(21)29)18-8-6-9-19(15-18)24-20-10-3-2-7-17(20)13-14-26-24/h2-16,29H,1H3. The minimum Gasteiger partial charge on any atom is -0.507 e. The molecule has 2 aromatic heterocycles. The highest BCUT2D eigenvalue weighted by Gasteiger charge is 2.13. The van der Waals surface area contributed by atoms with E-state index in [0.29, 0.717) is 5.56 Å². The number of hydrogen-bond donors (Lipinski definition) is 1. The van der Waals surface area contributed by atoms with Gasteiger partial charge in [0, 0.05) is 36.0 Å². The molecule has 0 spiro atoms. The Morgan fingerprint density at radius 2 is 1.62 bits per heavy atom. The lowest BCUT2D eigenvalue weighted by atomic mass is 10.0. The van der Waals surface area contributed by atoms with Gasteiger partial charge < -0.3 is 9.67 Å². The summed E-state index contributed by atoms with van der Waals surface area (Å²) in [4.78, 5) is 9.43. The van der Waals surface area contributed by atoms with Gasteiger partial charge in [0.1, 0.15) is 11.6 Å². The third-order valence-electron chi connectivity index (χ3n) is 5.13. The second kappa shape index (κ2) is 6.91. The summed E-state index contributed by atoms with van der Waals surface area (Å²) in [6, 6.07) is 25.8. The molecular formula is C25H19N3O. The Balaban J connectivity index is 1.61. The predicted octanol–water partition coefficient (Wildman–Crippen LogP) is 5.67. The van der Waals surface area contributed by atoms with Crippen LogP contribution in [0.3, 0.4) is 0 Å². The van der Waals surface area contributed by atoms with Crippen LogP contribution in [0, 0.1) is 0 Å². The van der Waals surface area contributed by atoms with E-state index in [1.54, 1.807) is 6.07 Å². The van der Waals surface area contributed by atoms with Gasteiger partial charge in [-0.05, 0) is 29.7 Å². The fraction of sp³-hybridized carbons (Fsp3) is 0.0400. The van der Waals surface area contributed by atoms with Crippen LogP contribution in [0.4, 0.5) is 0 Å². The van der Waals surface area contributed by atoms with Crippen LogP contribution in [0.15, 0.2) is 91.3 Å². The molecule has 0 aliphatic heterocycles. The molecule has 5 aromatic rings. The zero-order valence-corrected chi connectivity index (χ0v) is 15.9. The number of aryl methyl sites for hydroxylation is 1. The third kappa shape index (κ3) is 3.05. The number of imidazole rings is 1. The maximum atomic E-state index is 10.2. The van der Waals surface area contributed by atoms with E-state index in [9.17, 15) is 5.11 Å². The van der Waals surface area contributed by atoms with Crippen LogP contribution >= 0.6 is 0 Å². The number of aromatic hydroxyl groups is 1. The molecule has 0 bridgehead atoms.